The molecule has 0 radical (unpaired) electrons. The number of aryl methyl sites for hydroxylation is 1. The van der Waals surface area contributed by atoms with Crippen LogP contribution < -0.4 is 10.2 Å². The Labute approximate surface area is 206 Å². The van der Waals surface area contributed by atoms with Crippen molar-refractivity contribution in [2.24, 2.45) is 0 Å². The molecule has 174 valence electrons. The molecule has 1 aliphatic heterocycles. The van der Waals surface area contributed by atoms with E-state index in [2.05, 4.69) is 10.3 Å². The number of nitro benzene ring substituents is 1. The number of amides is 3. The molecule has 0 fully saturated rings. The molecule has 3 aromatic carbocycles. The second kappa shape index (κ2) is 8.93. The van der Waals surface area contributed by atoms with E-state index in [1.54, 1.807) is 18.2 Å². The van der Waals surface area contributed by atoms with Gasteiger partial charge in [0.05, 0.1) is 37.7 Å². The van der Waals surface area contributed by atoms with Crippen molar-refractivity contribution in [2.75, 3.05) is 16.0 Å². The third kappa shape index (κ3) is 4.38. The van der Waals surface area contributed by atoms with Gasteiger partial charge in [-0.3, -0.25) is 24.5 Å². The minimum absolute atomic E-state index is 0.00414. The second-order valence-corrected chi connectivity index (χ2v) is 10.0. The highest BCUT2D eigenvalue weighted by atomic mass is 32.2. The Hall–Kier alpha value is -4.09. The topological polar surface area (TPSA) is 123 Å². The van der Waals surface area contributed by atoms with Crippen LogP contribution in [-0.4, -0.2) is 33.4 Å². The molecule has 35 heavy (non-hydrogen) atoms. The lowest BCUT2D eigenvalue weighted by molar-refractivity contribution is -0.384. The molecular weight excluding hydrogens is 488 g/mol. The Bertz CT molecular complexity index is 1550. The van der Waals surface area contributed by atoms with E-state index in [1.807, 2.05) is 31.2 Å². The average molecular weight is 505 g/mol. The van der Waals surface area contributed by atoms with E-state index in [0.717, 1.165) is 26.9 Å². The highest BCUT2D eigenvalue weighted by Gasteiger charge is 2.38. The maximum absolute atomic E-state index is 12.9. The molecule has 1 N–H and O–H groups in total. The van der Waals surface area contributed by atoms with Crippen molar-refractivity contribution in [1.82, 2.24) is 4.98 Å². The molecule has 0 spiro atoms. The van der Waals surface area contributed by atoms with Gasteiger partial charge in [-0.05, 0) is 48.9 Å². The lowest BCUT2D eigenvalue weighted by Crippen LogP contribution is -2.29. The summed E-state index contributed by atoms with van der Waals surface area (Å²) in [6.45, 7) is 1.95. The van der Waals surface area contributed by atoms with Crippen LogP contribution in [0.2, 0.25) is 0 Å². The molecule has 1 aromatic heterocycles. The van der Waals surface area contributed by atoms with Crippen LogP contribution in [0.1, 0.15) is 26.3 Å². The molecule has 1 aliphatic rings. The van der Waals surface area contributed by atoms with Gasteiger partial charge in [0.2, 0.25) is 5.91 Å². The molecule has 0 saturated heterocycles. The number of imide groups is 1. The number of fused-ring (bicyclic) bond motifs is 2. The van der Waals surface area contributed by atoms with Gasteiger partial charge in [-0.2, -0.15) is 0 Å². The standard InChI is InChI=1S/C24H16N4O5S2/c1-13-3-2-4-14(9-13)25-21(29)12-34-24-26-19-8-6-15(11-20(19)35-24)27-22(30)17-7-5-16(28(32)33)10-18(17)23(27)31/h2-11H,12H2,1H3,(H,25,29). The first-order valence-electron chi connectivity index (χ1n) is 10.4. The number of nitro groups is 1. The number of anilines is 2. The van der Waals surface area contributed by atoms with E-state index < -0.39 is 16.7 Å². The van der Waals surface area contributed by atoms with Crippen molar-refractivity contribution in [1.29, 1.82) is 0 Å². The van der Waals surface area contributed by atoms with Gasteiger partial charge in [0.25, 0.3) is 17.5 Å². The van der Waals surface area contributed by atoms with Gasteiger partial charge in [0.15, 0.2) is 4.34 Å². The van der Waals surface area contributed by atoms with E-state index in [0.29, 0.717) is 15.5 Å². The van der Waals surface area contributed by atoms with Gasteiger partial charge < -0.3 is 5.32 Å². The van der Waals surface area contributed by atoms with Crippen molar-refractivity contribution in [2.45, 2.75) is 11.3 Å². The average Bonchev–Trinajstić information content (AvgIpc) is 3.35. The summed E-state index contributed by atoms with van der Waals surface area (Å²) in [4.78, 5) is 54.0. The summed E-state index contributed by atoms with van der Waals surface area (Å²) in [5.74, 6) is -1.12. The molecule has 0 aliphatic carbocycles. The third-order valence-electron chi connectivity index (χ3n) is 5.32. The van der Waals surface area contributed by atoms with Gasteiger partial charge >= 0.3 is 0 Å². The van der Waals surface area contributed by atoms with E-state index in [9.17, 15) is 24.5 Å². The van der Waals surface area contributed by atoms with Crippen LogP contribution in [0.15, 0.2) is 65.0 Å². The van der Waals surface area contributed by atoms with Crippen LogP contribution in [0.25, 0.3) is 10.2 Å². The summed E-state index contributed by atoms with van der Waals surface area (Å²) in [7, 11) is 0. The van der Waals surface area contributed by atoms with Gasteiger partial charge in [-0.25, -0.2) is 9.88 Å². The van der Waals surface area contributed by atoms with Crippen molar-refractivity contribution in [3.8, 4) is 0 Å². The molecule has 0 atom stereocenters. The van der Waals surface area contributed by atoms with Crippen molar-refractivity contribution in [3.05, 3.63) is 87.5 Å². The van der Waals surface area contributed by atoms with Crippen LogP contribution in [0.4, 0.5) is 17.1 Å². The summed E-state index contributed by atoms with van der Waals surface area (Å²) in [5.41, 5.74) is 2.68. The first kappa shape index (κ1) is 22.7. The number of carbonyl (C=O) groups is 3. The predicted octanol–water partition coefficient (Wildman–Crippen LogP) is 5.04. The summed E-state index contributed by atoms with van der Waals surface area (Å²) >= 11 is 2.64. The Kier molecular flexibility index (Phi) is 5.79. The van der Waals surface area contributed by atoms with E-state index in [1.165, 1.54) is 35.2 Å². The molecule has 0 unspecified atom stereocenters. The maximum atomic E-state index is 12.9. The van der Waals surface area contributed by atoms with E-state index in [-0.39, 0.29) is 28.5 Å². The molecule has 0 saturated carbocycles. The number of nitrogens with one attached hydrogen (secondary N) is 1. The molecule has 4 aromatic rings. The van der Waals surface area contributed by atoms with E-state index >= 15 is 0 Å². The first-order valence-corrected chi connectivity index (χ1v) is 12.2. The van der Waals surface area contributed by atoms with Crippen molar-refractivity contribution < 1.29 is 19.3 Å². The zero-order chi connectivity index (χ0) is 24.7. The Morgan fingerprint density at radius 2 is 1.89 bits per heavy atom. The fourth-order valence-corrected chi connectivity index (χ4v) is 5.62. The predicted molar refractivity (Wildman–Crippen MR) is 134 cm³/mol. The second-order valence-electron chi connectivity index (χ2n) is 7.77. The number of carbonyl (C=O) groups excluding carboxylic acids is 3. The number of thioether (sulfide) groups is 1. The minimum atomic E-state index is -0.611. The van der Waals surface area contributed by atoms with Crippen molar-refractivity contribution in [3.63, 3.8) is 0 Å². The lowest BCUT2D eigenvalue weighted by atomic mass is 10.1. The number of hydrogen-bond donors (Lipinski definition) is 1. The molecule has 11 heteroatoms. The minimum Gasteiger partial charge on any atom is -0.325 e. The number of hydrogen-bond acceptors (Lipinski definition) is 8. The molecule has 9 nitrogen and oxygen atoms in total. The van der Waals surface area contributed by atoms with Crippen LogP contribution in [0.5, 0.6) is 0 Å². The van der Waals surface area contributed by atoms with Crippen LogP contribution >= 0.6 is 23.1 Å². The van der Waals surface area contributed by atoms with Gasteiger partial charge in [-0.15, -0.1) is 11.3 Å². The largest absolute Gasteiger partial charge is 0.325 e. The Balaban J connectivity index is 1.32. The quantitative estimate of drug-likeness (QED) is 0.169. The first-order chi connectivity index (χ1) is 16.8. The number of nitrogens with zero attached hydrogens (tertiary/aromatic N) is 3. The Morgan fingerprint density at radius 3 is 2.66 bits per heavy atom. The number of rotatable bonds is 6. The molecule has 5 rings (SSSR count). The van der Waals surface area contributed by atoms with Gasteiger partial charge in [-0.1, -0.05) is 23.9 Å². The van der Waals surface area contributed by atoms with Crippen LogP contribution in [0.3, 0.4) is 0 Å². The molecule has 3 amide bonds. The fourth-order valence-electron chi connectivity index (χ4n) is 3.72. The van der Waals surface area contributed by atoms with Crippen LogP contribution in [-0.2, 0) is 4.79 Å². The molecule has 0 bridgehead atoms. The number of benzene rings is 3. The highest BCUT2D eigenvalue weighted by molar-refractivity contribution is 8.01. The highest BCUT2D eigenvalue weighted by Crippen LogP contribution is 2.35. The number of non-ortho nitro benzene ring substituents is 1. The molecule has 2 heterocycles. The van der Waals surface area contributed by atoms with Gasteiger partial charge in [0, 0.05) is 17.8 Å². The molecular formula is C24H16N4O5S2. The fraction of sp³-hybridized carbons (Fsp3) is 0.0833. The Morgan fingerprint density at radius 1 is 1.09 bits per heavy atom. The zero-order valence-electron chi connectivity index (χ0n) is 18.2. The smallest absolute Gasteiger partial charge is 0.270 e. The number of thiazole rings is 1. The summed E-state index contributed by atoms with van der Waals surface area (Å²) in [6.07, 6.45) is 0. The summed E-state index contributed by atoms with van der Waals surface area (Å²) in [5, 5.41) is 13.9. The van der Waals surface area contributed by atoms with Crippen molar-refractivity contribution >= 4 is 68.1 Å². The zero-order valence-corrected chi connectivity index (χ0v) is 19.8. The monoisotopic (exact) mass is 504 g/mol. The summed E-state index contributed by atoms with van der Waals surface area (Å²) < 4.78 is 1.42. The van der Waals surface area contributed by atoms with E-state index in [4.69, 9.17) is 0 Å². The summed E-state index contributed by atoms with van der Waals surface area (Å²) in [6, 6.07) is 16.2. The maximum Gasteiger partial charge on any atom is 0.270 e. The SMILES string of the molecule is Cc1cccc(NC(=O)CSc2nc3ccc(N4C(=O)c5ccc([N+](=O)[O-])cc5C4=O)cc3s2)c1. The van der Waals surface area contributed by atoms with Gasteiger partial charge in [0.1, 0.15) is 0 Å². The lowest BCUT2D eigenvalue weighted by Gasteiger charge is -2.13. The normalized spacial score (nSPS) is 12.8. The third-order valence-corrected chi connectivity index (χ3v) is 7.48. The number of aromatic nitrogens is 1. The van der Waals surface area contributed by atoms with Crippen LogP contribution in [0, 0.1) is 17.0 Å².